The minimum Gasteiger partial charge on any atom is -0.466 e. The van der Waals surface area contributed by atoms with Crippen LogP contribution in [0.5, 0.6) is 0 Å². The Morgan fingerprint density at radius 2 is 0.621 bits per heavy atom. The van der Waals surface area contributed by atoms with Crippen molar-refractivity contribution < 1.29 is 24.5 Å². The molecule has 394 valence electrons. The van der Waals surface area contributed by atoms with Crippen LogP contribution < -0.4 is 5.32 Å². The molecule has 2 atom stereocenters. The van der Waals surface area contributed by atoms with Crippen LogP contribution in [0.2, 0.25) is 0 Å². The lowest BCUT2D eigenvalue weighted by molar-refractivity contribution is -0.143. The van der Waals surface area contributed by atoms with Crippen LogP contribution in [0.4, 0.5) is 0 Å². The van der Waals surface area contributed by atoms with Crippen LogP contribution in [0.3, 0.4) is 0 Å². The fourth-order valence-corrected chi connectivity index (χ4v) is 9.76. The third kappa shape index (κ3) is 52.2. The Morgan fingerprint density at radius 1 is 0.364 bits per heavy atom. The summed E-state index contributed by atoms with van der Waals surface area (Å²) >= 11 is 0. The third-order valence-electron chi connectivity index (χ3n) is 14.4. The maximum Gasteiger partial charge on any atom is 0.305 e. The SMILES string of the molecule is CCCCCCCCCCCCCCCCCCCCCCCCCCC(O)C(CO)NC(=O)CCCCCCCCCCCCCCCOC(=O)CCCCCCCCCCCCCC. The molecule has 6 heteroatoms. The monoisotopic (exact) mass is 934 g/mol. The standard InChI is InChI=1S/C60H119NO5/c1-3-5-7-9-11-13-15-17-18-19-20-21-22-23-24-25-26-27-29-32-36-40-44-48-52-58(63)57(56-62)61-59(64)53-49-45-41-37-33-30-28-31-35-39-43-47-51-55-66-60(65)54-50-46-42-38-34-16-14-12-10-8-6-4-2/h57-58,62-63H,3-56H2,1-2H3,(H,61,64). The molecule has 0 rings (SSSR count). The lowest BCUT2D eigenvalue weighted by atomic mass is 10.0. The Morgan fingerprint density at radius 3 is 0.924 bits per heavy atom. The molecule has 0 saturated heterocycles. The van der Waals surface area contributed by atoms with Crippen LogP contribution in [0.1, 0.15) is 348 Å². The lowest BCUT2D eigenvalue weighted by Gasteiger charge is -2.22. The molecule has 0 spiro atoms. The van der Waals surface area contributed by atoms with Gasteiger partial charge in [-0.15, -0.1) is 0 Å². The van der Waals surface area contributed by atoms with Crippen molar-refractivity contribution in [3.8, 4) is 0 Å². The van der Waals surface area contributed by atoms with E-state index in [1.54, 1.807) is 0 Å². The van der Waals surface area contributed by atoms with E-state index in [0.29, 0.717) is 25.9 Å². The molecule has 0 aliphatic rings. The van der Waals surface area contributed by atoms with Crippen molar-refractivity contribution in [1.29, 1.82) is 0 Å². The lowest BCUT2D eigenvalue weighted by Crippen LogP contribution is -2.45. The summed E-state index contributed by atoms with van der Waals surface area (Å²) < 4.78 is 5.46. The summed E-state index contributed by atoms with van der Waals surface area (Å²) in [6.07, 6.45) is 65.3. The molecule has 2 unspecified atom stereocenters. The van der Waals surface area contributed by atoms with Crippen LogP contribution in [-0.2, 0) is 14.3 Å². The number of rotatable bonds is 57. The fraction of sp³-hybridized carbons (Fsp3) is 0.967. The summed E-state index contributed by atoms with van der Waals surface area (Å²) in [6.45, 7) is 4.96. The van der Waals surface area contributed by atoms with Crippen LogP contribution >= 0.6 is 0 Å². The zero-order chi connectivity index (χ0) is 47.9. The van der Waals surface area contributed by atoms with Gasteiger partial charge in [0, 0.05) is 12.8 Å². The highest BCUT2D eigenvalue weighted by molar-refractivity contribution is 5.76. The van der Waals surface area contributed by atoms with E-state index in [1.165, 1.54) is 263 Å². The van der Waals surface area contributed by atoms with E-state index in [-0.39, 0.29) is 18.5 Å². The first-order valence-corrected chi connectivity index (χ1v) is 30.3. The highest BCUT2D eigenvalue weighted by Crippen LogP contribution is 2.18. The maximum absolute atomic E-state index is 12.5. The minimum atomic E-state index is -0.672. The van der Waals surface area contributed by atoms with Gasteiger partial charge >= 0.3 is 5.97 Å². The van der Waals surface area contributed by atoms with E-state index < -0.39 is 12.1 Å². The molecule has 0 radical (unpaired) electrons. The number of unbranched alkanes of at least 4 members (excludes halogenated alkanes) is 46. The number of hydrogen-bond acceptors (Lipinski definition) is 5. The molecule has 0 heterocycles. The largest absolute Gasteiger partial charge is 0.466 e. The Bertz CT molecular complexity index is 944. The number of aliphatic hydroxyl groups excluding tert-OH is 2. The zero-order valence-corrected chi connectivity index (χ0v) is 45.0. The zero-order valence-electron chi connectivity index (χ0n) is 45.0. The summed E-state index contributed by atoms with van der Waals surface area (Å²) in [4.78, 5) is 24.5. The highest BCUT2D eigenvalue weighted by Gasteiger charge is 2.20. The number of aliphatic hydroxyl groups is 2. The number of nitrogens with one attached hydrogen (secondary N) is 1. The number of amides is 1. The number of carbonyl (C=O) groups is 2. The molecule has 1 amide bonds. The number of carbonyl (C=O) groups excluding carboxylic acids is 2. The number of ether oxygens (including phenoxy) is 1. The summed E-state index contributed by atoms with van der Waals surface area (Å²) in [5, 5.41) is 23.4. The predicted octanol–water partition coefficient (Wildman–Crippen LogP) is 18.7. The Hall–Kier alpha value is -1.14. The predicted molar refractivity (Wildman–Crippen MR) is 287 cm³/mol. The quantitative estimate of drug-likeness (QED) is 0.0417. The second-order valence-electron chi connectivity index (χ2n) is 21.1. The molecule has 0 aromatic heterocycles. The number of hydrogen-bond donors (Lipinski definition) is 3. The molecule has 66 heavy (non-hydrogen) atoms. The van der Waals surface area contributed by atoms with Gasteiger partial charge in [0.05, 0.1) is 25.4 Å². The molecule has 3 N–H and O–H groups in total. The Balaban J connectivity index is 3.43. The maximum atomic E-state index is 12.5. The van der Waals surface area contributed by atoms with Crippen molar-refractivity contribution in [2.75, 3.05) is 13.2 Å². The topological polar surface area (TPSA) is 95.9 Å². The minimum absolute atomic E-state index is 0.00319. The summed E-state index contributed by atoms with van der Waals surface area (Å²) in [6, 6.07) is -0.551. The summed E-state index contributed by atoms with van der Waals surface area (Å²) in [7, 11) is 0. The molecule has 0 fully saturated rings. The van der Waals surface area contributed by atoms with E-state index >= 15 is 0 Å². The van der Waals surface area contributed by atoms with Crippen LogP contribution in [0.25, 0.3) is 0 Å². The number of esters is 1. The van der Waals surface area contributed by atoms with Gasteiger partial charge in [0.15, 0.2) is 0 Å². The van der Waals surface area contributed by atoms with E-state index in [1.807, 2.05) is 0 Å². The first-order valence-electron chi connectivity index (χ1n) is 30.3. The van der Waals surface area contributed by atoms with Crippen molar-refractivity contribution in [2.45, 2.75) is 360 Å². The average molecular weight is 935 g/mol. The average Bonchev–Trinajstić information content (AvgIpc) is 3.32. The summed E-state index contributed by atoms with van der Waals surface area (Å²) in [5.41, 5.74) is 0. The van der Waals surface area contributed by atoms with Gasteiger partial charge in [-0.1, -0.05) is 309 Å². The molecule has 0 aliphatic heterocycles. The smallest absolute Gasteiger partial charge is 0.305 e. The normalized spacial score (nSPS) is 12.5. The van der Waals surface area contributed by atoms with Crippen molar-refractivity contribution in [3.63, 3.8) is 0 Å². The van der Waals surface area contributed by atoms with Gasteiger partial charge < -0.3 is 20.3 Å². The van der Waals surface area contributed by atoms with Gasteiger partial charge in [0.1, 0.15) is 0 Å². The van der Waals surface area contributed by atoms with Crippen molar-refractivity contribution in [1.82, 2.24) is 5.32 Å². The van der Waals surface area contributed by atoms with Gasteiger partial charge in [0.2, 0.25) is 5.91 Å². The van der Waals surface area contributed by atoms with Gasteiger partial charge in [-0.25, -0.2) is 0 Å². The van der Waals surface area contributed by atoms with Crippen molar-refractivity contribution in [2.24, 2.45) is 0 Å². The molecular weight excluding hydrogens is 815 g/mol. The van der Waals surface area contributed by atoms with Gasteiger partial charge in [-0.3, -0.25) is 9.59 Å². The van der Waals surface area contributed by atoms with E-state index in [2.05, 4.69) is 19.2 Å². The van der Waals surface area contributed by atoms with E-state index in [0.717, 1.165) is 51.4 Å². The molecule has 0 saturated carbocycles. The van der Waals surface area contributed by atoms with Crippen molar-refractivity contribution in [3.05, 3.63) is 0 Å². The molecule has 0 bridgehead atoms. The van der Waals surface area contributed by atoms with Gasteiger partial charge in [-0.2, -0.15) is 0 Å². The van der Waals surface area contributed by atoms with Crippen LogP contribution in [0.15, 0.2) is 0 Å². The molecule has 0 aromatic carbocycles. The second-order valence-corrected chi connectivity index (χ2v) is 21.1. The molecular formula is C60H119NO5. The highest BCUT2D eigenvalue weighted by atomic mass is 16.5. The second kappa shape index (κ2) is 56.4. The molecule has 0 aromatic rings. The Labute approximate surface area is 413 Å². The van der Waals surface area contributed by atoms with Crippen LogP contribution in [-0.4, -0.2) is 47.4 Å². The fourth-order valence-electron chi connectivity index (χ4n) is 9.76. The van der Waals surface area contributed by atoms with Crippen molar-refractivity contribution >= 4 is 11.9 Å². The Kier molecular flexibility index (Phi) is 55.5. The first kappa shape index (κ1) is 64.9. The first-order chi connectivity index (χ1) is 32.5. The van der Waals surface area contributed by atoms with Crippen LogP contribution in [0, 0.1) is 0 Å². The van der Waals surface area contributed by atoms with E-state index in [4.69, 9.17) is 4.74 Å². The summed E-state index contributed by atoms with van der Waals surface area (Å²) in [5.74, 6) is -0.0460. The molecule has 6 nitrogen and oxygen atoms in total. The van der Waals surface area contributed by atoms with E-state index in [9.17, 15) is 19.8 Å². The van der Waals surface area contributed by atoms with Gasteiger partial charge in [0.25, 0.3) is 0 Å². The third-order valence-corrected chi connectivity index (χ3v) is 14.4. The molecule has 0 aliphatic carbocycles. The van der Waals surface area contributed by atoms with Gasteiger partial charge in [-0.05, 0) is 25.7 Å².